The fourth-order valence-corrected chi connectivity index (χ4v) is 2.76. The third-order valence-corrected chi connectivity index (χ3v) is 3.94. The van der Waals surface area contributed by atoms with Gasteiger partial charge in [-0.05, 0) is 36.8 Å². The molecule has 23 heavy (non-hydrogen) atoms. The van der Waals surface area contributed by atoms with Gasteiger partial charge in [-0.25, -0.2) is 4.98 Å². The van der Waals surface area contributed by atoms with Gasteiger partial charge >= 0.3 is 0 Å². The molecule has 2 N–H and O–H groups in total. The quantitative estimate of drug-likeness (QED) is 0.691. The molecule has 3 rings (SSSR count). The number of thiazole rings is 1. The highest BCUT2D eigenvalue weighted by Crippen LogP contribution is 2.26. The second-order valence-electron chi connectivity index (χ2n) is 5.11. The maximum atomic E-state index is 5.75. The summed E-state index contributed by atoms with van der Waals surface area (Å²) in [5.41, 5.74) is 8.72. The largest absolute Gasteiger partial charge is 0.490 e. The predicted molar refractivity (Wildman–Crippen MR) is 94.1 cm³/mol. The molecule has 0 bridgehead atoms. The minimum Gasteiger partial charge on any atom is -0.490 e. The van der Waals surface area contributed by atoms with Crippen LogP contribution in [0.15, 0.2) is 53.9 Å². The van der Waals surface area contributed by atoms with Gasteiger partial charge in [0.25, 0.3) is 0 Å². The molecule has 3 aromatic rings. The van der Waals surface area contributed by atoms with Crippen LogP contribution in [-0.4, -0.2) is 18.2 Å². The van der Waals surface area contributed by atoms with Crippen LogP contribution in [0, 0.1) is 6.92 Å². The standard InChI is InChI=1S/C18H18N2O2S/c1-13-4-2-6-15(10-13)21-8-9-22-16-7-3-5-14(11-16)17-12-23-18(19)20-17/h2-7,10-12H,8-9H2,1H3,(H2,19,20). The van der Waals surface area contributed by atoms with Crippen molar-refractivity contribution in [2.24, 2.45) is 0 Å². The Morgan fingerprint density at radius 2 is 1.70 bits per heavy atom. The number of nitrogens with two attached hydrogens (primary N) is 1. The lowest BCUT2D eigenvalue weighted by Gasteiger charge is -2.09. The van der Waals surface area contributed by atoms with Gasteiger partial charge in [0.2, 0.25) is 0 Å². The average Bonchev–Trinajstić information content (AvgIpc) is 2.99. The summed E-state index contributed by atoms with van der Waals surface area (Å²) in [4.78, 5) is 4.28. The third kappa shape index (κ3) is 4.23. The first-order valence-electron chi connectivity index (χ1n) is 7.34. The maximum Gasteiger partial charge on any atom is 0.180 e. The second kappa shape index (κ2) is 7.15. The molecule has 118 valence electrons. The molecule has 0 amide bonds. The number of rotatable bonds is 6. The van der Waals surface area contributed by atoms with Gasteiger partial charge in [0.05, 0.1) is 5.69 Å². The minimum absolute atomic E-state index is 0.483. The van der Waals surface area contributed by atoms with Crippen LogP contribution < -0.4 is 15.2 Å². The van der Waals surface area contributed by atoms with E-state index in [-0.39, 0.29) is 0 Å². The first kappa shape index (κ1) is 15.4. The van der Waals surface area contributed by atoms with Gasteiger partial charge in [0.1, 0.15) is 24.7 Å². The van der Waals surface area contributed by atoms with E-state index < -0.39 is 0 Å². The molecule has 0 unspecified atom stereocenters. The maximum absolute atomic E-state index is 5.75. The normalized spacial score (nSPS) is 10.5. The molecule has 0 aliphatic carbocycles. The number of hydrogen-bond acceptors (Lipinski definition) is 5. The van der Waals surface area contributed by atoms with Crippen molar-refractivity contribution in [3.05, 3.63) is 59.5 Å². The summed E-state index contributed by atoms with van der Waals surface area (Å²) >= 11 is 1.43. The lowest BCUT2D eigenvalue weighted by Crippen LogP contribution is -2.09. The van der Waals surface area contributed by atoms with Gasteiger partial charge < -0.3 is 15.2 Å². The summed E-state index contributed by atoms with van der Waals surface area (Å²) in [6.07, 6.45) is 0. The number of nitrogens with zero attached hydrogens (tertiary/aromatic N) is 1. The number of aryl methyl sites for hydroxylation is 1. The molecule has 1 aromatic heterocycles. The molecule has 0 aliphatic rings. The molecule has 1 heterocycles. The highest BCUT2D eigenvalue weighted by Gasteiger charge is 2.04. The lowest BCUT2D eigenvalue weighted by atomic mass is 10.2. The lowest BCUT2D eigenvalue weighted by molar-refractivity contribution is 0.217. The second-order valence-corrected chi connectivity index (χ2v) is 6.00. The van der Waals surface area contributed by atoms with Crippen LogP contribution in [0.4, 0.5) is 5.13 Å². The Balaban J connectivity index is 1.54. The monoisotopic (exact) mass is 326 g/mol. The molecular weight excluding hydrogens is 308 g/mol. The van der Waals surface area contributed by atoms with Crippen LogP contribution in [0.25, 0.3) is 11.3 Å². The van der Waals surface area contributed by atoms with Gasteiger partial charge in [0, 0.05) is 10.9 Å². The summed E-state index contributed by atoms with van der Waals surface area (Å²) in [7, 11) is 0. The van der Waals surface area contributed by atoms with Crippen molar-refractivity contribution in [3.63, 3.8) is 0 Å². The van der Waals surface area contributed by atoms with Crippen LogP contribution in [-0.2, 0) is 0 Å². The van der Waals surface area contributed by atoms with E-state index in [1.807, 2.05) is 60.8 Å². The number of anilines is 1. The summed E-state index contributed by atoms with van der Waals surface area (Å²) in [5, 5.41) is 2.51. The minimum atomic E-state index is 0.483. The molecular formula is C18H18N2O2S. The van der Waals surface area contributed by atoms with Crippen molar-refractivity contribution < 1.29 is 9.47 Å². The van der Waals surface area contributed by atoms with E-state index in [1.54, 1.807) is 0 Å². The van der Waals surface area contributed by atoms with Gasteiger partial charge in [0.15, 0.2) is 5.13 Å². The highest BCUT2D eigenvalue weighted by atomic mass is 32.1. The Kier molecular flexibility index (Phi) is 4.78. The van der Waals surface area contributed by atoms with Crippen LogP contribution in [0.3, 0.4) is 0 Å². The Morgan fingerprint density at radius 3 is 2.35 bits per heavy atom. The zero-order valence-electron chi connectivity index (χ0n) is 12.9. The van der Waals surface area contributed by atoms with E-state index in [4.69, 9.17) is 15.2 Å². The SMILES string of the molecule is Cc1cccc(OCCOc2cccc(-c3csc(N)n3)c2)c1. The van der Waals surface area contributed by atoms with Crippen molar-refractivity contribution in [1.82, 2.24) is 4.98 Å². The van der Waals surface area contributed by atoms with Crippen molar-refractivity contribution in [2.75, 3.05) is 18.9 Å². The Morgan fingerprint density at radius 1 is 1.00 bits per heavy atom. The zero-order valence-corrected chi connectivity index (χ0v) is 13.7. The molecule has 0 spiro atoms. The Bertz CT molecular complexity index is 786. The van der Waals surface area contributed by atoms with E-state index in [1.165, 1.54) is 16.9 Å². The predicted octanol–water partition coefficient (Wildman–Crippen LogP) is 4.16. The molecule has 0 atom stereocenters. The van der Waals surface area contributed by atoms with Crippen molar-refractivity contribution >= 4 is 16.5 Å². The van der Waals surface area contributed by atoms with E-state index >= 15 is 0 Å². The van der Waals surface area contributed by atoms with E-state index in [0.29, 0.717) is 18.3 Å². The molecule has 0 saturated heterocycles. The van der Waals surface area contributed by atoms with E-state index in [9.17, 15) is 0 Å². The number of aromatic nitrogens is 1. The first-order chi connectivity index (χ1) is 11.2. The fourth-order valence-electron chi connectivity index (χ4n) is 2.19. The Labute approximate surface area is 139 Å². The van der Waals surface area contributed by atoms with Gasteiger partial charge in [-0.2, -0.15) is 0 Å². The van der Waals surface area contributed by atoms with Crippen molar-refractivity contribution in [1.29, 1.82) is 0 Å². The van der Waals surface area contributed by atoms with Crippen LogP contribution in [0.1, 0.15) is 5.56 Å². The van der Waals surface area contributed by atoms with Crippen LogP contribution in [0.2, 0.25) is 0 Å². The third-order valence-electron chi connectivity index (χ3n) is 3.26. The van der Waals surface area contributed by atoms with Gasteiger partial charge in [-0.3, -0.25) is 0 Å². The summed E-state index contributed by atoms with van der Waals surface area (Å²) < 4.78 is 11.4. The van der Waals surface area contributed by atoms with Crippen LogP contribution >= 0.6 is 11.3 Å². The first-order valence-corrected chi connectivity index (χ1v) is 8.22. The Hall–Kier alpha value is -2.53. The van der Waals surface area contributed by atoms with Crippen molar-refractivity contribution in [3.8, 4) is 22.8 Å². The summed E-state index contributed by atoms with van der Waals surface area (Å²) in [6.45, 7) is 3.02. The molecule has 0 saturated carbocycles. The van der Waals surface area contributed by atoms with E-state index in [2.05, 4.69) is 4.98 Å². The number of benzene rings is 2. The average molecular weight is 326 g/mol. The summed E-state index contributed by atoms with van der Waals surface area (Å²) in [6, 6.07) is 15.8. The number of hydrogen-bond donors (Lipinski definition) is 1. The molecule has 2 aromatic carbocycles. The fraction of sp³-hybridized carbons (Fsp3) is 0.167. The smallest absolute Gasteiger partial charge is 0.180 e. The van der Waals surface area contributed by atoms with Gasteiger partial charge in [-0.1, -0.05) is 24.3 Å². The van der Waals surface area contributed by atoms with Crippen LogP contribution in [0.5, 0.6) is 11.5 Å². The van der Waals surface area contributed by atoms with E-state index in [0.717, 1.165) is 22.8 Å². The molecule has 0 radical (unpaired) electrons. The summed E-state index contributed by atoms with van der Waals surface area (Å²) in [5.74, 6) is 1.65. The van der Waals surface area contributed by atoms with Crippen molar-refractivity contribution in [2.45, 2.75) is 6.92 Å². The number of nitrogen functional groups attached to an aromatic ring is 1. The molecule has 0 fully saturated rings. The van der Waals surface area contributed by atoms with Gasteiger partial charge in [-0.15, -0.1) is 11.3 Å². The number of ether oxygens (including phenoxy) is 2. The molecule has 0 aliphatic heterocycles. The molecule has 5 heteroatoms. The zero-order chi connectivity index (χ0) is 16.1. The molecule has 4 nitrogen and oxygen atoms in total. The highest BCUT2D eigenvalue weighted by molar-refractivity contribution is 7.13. The topological polar surface area (TPSA) is 57.4 Å².